The number of nitrogens with one attached hydrogen (secondary N) is 1. The number of carbonyl (C=O) groups is 1. The first-order valence-corrected chi connectivity index (χ1v) is 7.53. The number of hydrogen-bond donors (Lipinski definition) is 2. The van der Waals surface area contributed by atoms with Gasteiger partial charge in [0.2, 0.25) is 0 Å². The van der Waals surface area contributed by atoms with E-state index in [9.17, 15) is 4.79 Å². The van der Waals surface area contributed by atoms with Gasteiger partial charge in [-0.3, -0.25) is 4.79 Å². The van der Waals surface area contributed by atoms with E-state index in [1.165, 1.54) is 0 Å². The summed E-state index contributed by atoms with van der Waals surface area (Å²) in [6, 6.07) is 5.42. The lowest BCUT2D eigenvalue weighted by atomic mass is 10.1. The van der Waals surface area contributed by atoms with E-state index in [1.54, 1.807) is 12.3 Å². The van der Waals surface area contributed by atoms with E-state index in [4.69, 9.17) is 28.3 Å². The first-order chi connectivity index (χ1) is 10.1. The normalized spacial score (nSPS) is 10.8. The van der Waals surface area contributed by atoms with Crippen LogP contribution in [0.15, 0.2) is 24.4 Å². The maximum atomic E-state index is 10.4. The number of halogens is 2. The third-order valence-electron chi connectivity index (χ3n) is 3.14. The van der Waals surface area contributed by atoms with Crippen molar-refractivity contribution in [3.05, 3.63) is 34.4 Å². The van der Waals surface area contributed by atoms with Crippen LogP contribution < -0.4 is 5.32 Å². The van der Waals surface area contributed by atoms with Crippen molar-refractivity contribution in [2.24, 2.45) is 0 Å². The van der Waals surface area contributed by atoms with E-state index >= 15 is 0 Å². The molecule has 1 heterocycles. The monoisotopic (exact) mass is 326 g/mol. The highest BCUT2D eigenvalue weighted by Gasteiger charge is 2.07. The molecule has 0 aliphatic carbocycles. The maximum absolute atomic E-state index is 10.4. The van der Waals surface area contributed by atoms with Crippen LogP contribution in [0.3, 0.4) is 0 Å². The summed E-state index contributed by atoms with van der Waals surface area (Å²) >= 11 is 12.2. The second-order valence-electron chi connectivity index (χ2n) is 4.78. The Morgan fingerprint density at radius 1 is 1.24 bits per heavy atom. The molecule has 0 bridgehead atoms. The van der Waals surface area contributed by atoms with Gasteiger partial charge in [0.15, 0.2) is 0 Å². The highest BCUT2D eigenvalue weighted by Crippen LogP contribution is 2.31. The first kappa shape index (κ1) is 15.9. The van der Waals surface area contributed by atoms with Gasteiger partial charge in [0.05, 0.1) is 5.02 Å². The fourth-order valence-corrected chi connectivity index (χ4v) is 2.75. The molecule has 2 aromatic rings. The zero-order valence-electron chi connectivity index (χ0n) is 11.4. The fraction of sp³-hybridized carbons (Fsp3) is 0.333. The number of pyridine rings is 1. The third-order valence-corrected chi connectivity index (χ3v) is 3.66. The minimum Gasteiger partial charge on any atom is -0.481 e. The van der Waals surface area contributed by atoms with Crippen LogP contribution in [-0.4, -0.2) is 22.6 Å². The molecule has 0 aliphatic heterocycles. The van der Waals surface area contributed by atoms with Gasteiger partial charge >= 0.3 is 5.97 Å². The van der Waals surface area contributed by atoms with E-state index < -0.39 is 5.97 Å². The molecular formula is C15H16Cl2N2O2. The second kappa shape index (κ2) is 7.48. The number of fused-ring (bicyclic) bond motifs is 1. The van der Waals surface area contributed by atoms with Crippen molar-refractivity contribution in [2.45, 2.75) is 25.7 Å². The Bertz CT molecular complexity index is 647. The van der Waals surface area contributed by atoms with Gasteiger partial charge in [-0.15, -0.1) is 0 Å². The SMILES string of the molecule is O=C(O)CCCCCNc1nccc2cc(Cl)cc(Cl)c12. The Labute approximate surface area is 133 Å². The largest absolute Gasteiger partial charge is 0.481 e. The lowest BCUT2D eigenvalue weighted by Gasteiger charge is -2.10. The summed E-state index contributed by atoms with van der Waals surface area (Å²) in [6.45, 7) is 0.727. The van der Waals surface area contributed by atoms with Gasteiger partial charge < -0.3 is 10.4 Å². The number of aromatic nitrogens is 1. The summed E-state index contributed by atoms with van der Waals surface area (Å²) in [5.74, 6) is -0.0188. The predicted octanol–water partition coefficient (Wildman–Crippen LogP) is 4.60. The molecule has 0 saturated carbocycles. The number of carboxylic acids is 1. The van der Waals surface area contributed by atoms with E-state index in [0.717, 1.165) is 36.0 Å². The van der Waals surface area contributed by atoms with Gasteiger partial charge in [0.25, 0.3) is 0 Å². The minimum atomic E-state index is -0.748. The number of rotatable bonds is 7. The summed E-state index contributed by atoms with van der Waals surface area (Å²) in [5.41, 5.74) is 0. The van der Waals surface area contributed by atoms with Crippen molar-refractivity contribution in [2.75, 3.05) is 11.9 Å². The Morgan fingerprint density at radius 3 is 2.81 bits per heavy atom. The third kappa shape index (κ3) is 4.48. The number of aliphatic carboxylic acids is 1. The van der Waals surface area contributed by atoms with Crippen LogP contribution >= 0.6 is 23.2 Å². The number of nitrogens with zero attached hydrogens (tertiary/aromatic N) is 1. The summed E-state index contributed by atoms with van der Waals surface area (Å²) in [6.07, 6.45) is 4.37. The average Bonchev–Trinajstić information content (AvgIpc) is 2.41. The molecule has 6 heteroatoms. The van der Waals surface area contributed by atoms with Crippen molar-refractivity contribution in [3.8, 4) is 0 Å². The van der Waals surface area contributed by atoms with Gasteiger partial charge in [0, 0.05) is 29.6 Å². The molecule has 4 nitrogen and oxygen atoms in total. The molecule has 21 heavy (non-hydrogen) atoms. The van der Waals surface area contributed by atoms with Crippen LogP contribution in [0.2, 0.25) is 10.0 Å². The molecule has 0 radical (unpaired) electrons. The van der Waals surface area contributed by atoms with E-state index in [0.29, 0.717) is 16.5 Å². The van der Waals surface area contributed by atoms with Crippen LogP contribution in [-0.2, 0) is 4.79 Å². The van der Waals surface area contributed by atoms with E-state index in [-0.39, 0.29) is 6.42 Å². The second-order valence-corrected chi connectivity index (χ2v) is 5.62. The van der Waals surface area contributed by atoms with Crippen LogP contribution in [0.25, 0.3) is 10.8 Å². The Kier molecular flexibility index (Phi) is 5.65. The van der Waals surface area contributed by atoms with Gasteiger partial charge in [-0.25, -0.2) is 4.98 Å². The molecule has 1 aromatic carbocycles. The van der Waals surface area contributed by atoms with Gasteiger partial charge in [-0.2, -0.15) is 0 Å². The van der Waals surface area contributed by atoms with Gasteiger partial charge in [-0.1, -0.05) is 29.6 Å². The molecule has 0 spiro atoms. The Hall–Kier alpha value is -1.52. The first-order valence-electron chi connectivity index (χ1n) is 6.77. The highest BCUT2D eigenvalue weighted by molar-refractivity contribution is 6.39. The summed E-state index contributed by atoms with van der Waals surface area (Å²) in [7, 11) is 0. The van der Waals surface area contributed by atoms with Crippen molar-refractivity contribution >= 4 is 45.8 Å². The number of unbranched alkanes of at least 4 members (excludes halogenated alkanes) is 2. The predicted molar refractivity (Wildman–Crippen MR) is 86.4 cm³/mol. The Balaban J connectivity index is 1.98. The smallest absolute Gasteiger partial charge is 0.303 e. The molecule has 0 fully saturated rings. The molecule has 2 N–H and O–H groups in total. The zero-order chi connectivity index (χ0) is 15.2. The van der Waals surface area contributed by atoms with E-state index in [1.807, 2.05) is 12.1 Å². The van der Waals surface area contributed by atoms with Gasteiger partial charge in [-0.05, 0) is 36.4 Å². The molecular weight excluding hydrogens is 311 g/mol. The summed E-state index contributed by atoms with van der Waals surface area (Å²) in [5, 5.41) is 14.8. The van der Waals surface area contributed by atoms with Gasteiger partial charge in [0.1, 0.15) is 5.82 Å². The van der Waals surface area contributed by atoms with Crippen LogP contribution in [0.1, 0.15) is 25.7 Å². The van der Waals surface area contributed by atoms with Crippen LogP contribution in [0.4, 0.5) is 5.82 Å². The molecule has 0 saturated heterocycles. The quantitative estimate of drug-likeness (QED) is 0.730. The lowest BCUT2D eigenvalue weighted by Crippen LogP contribution is -2.04. The Morgan fingerprint density at radius 2 is 2.05 bits per heavy atom. The van der Waals surface area contributed by atoms with Crippen molar-refractivity contribution in [1.82, 2.24) is 4.98 Å². The molecule has 0 amide bonds. The summed E-state index contributed by atoms with van der Waals surface area (Å²) < 4.78 is 0. The lowest BCUT2D eigenvalue weighted by molar-refractivity contribution is -0.137. The standard InChI is InChI=1S/C15H16Cl2N2O2/c16-11-8-10-5-7-19-15(14(10)12(17)9-11)18-6-3-1-2-4-13(20)21/h5,7-9H,1-4,6H2,(H,18,19)(H,20,21). The average molecular weight is 327 g/mol. The van der Waals surface area contributed by atoms with Crippen LogP contribution in [0, 0.1) is 0 Å². The zero-order valence-corrected chi connectivity index (χ0v) is 12.9. The number of benzene rings is 1. The maximum Gasteiger partial charge on any atom is 0.303 e. The molecule has 0 atom stereocenters. The molecule has 2 rings (SSSR count). The molecule has 0 aliphatic rings. The highest BCUT2D eigenvalue weighted by atomic mass is 35.5. The van der Waals surface area contributed by atoms with Crippen molar-refractivity contribution < 1.29 is 9.90 Å². The van der Waals surface area contributed by atoms with Crippen molar-refractivity contribution in [1.29, 1.82) is 0 Å². The molecule has 0 unspecified atom stereocenters. The van der Waals surface area contributed by atoms with E-state index in [2.05, 4.69) is 10.3 Å². The minimum absolute atomic E-state index is 0.219. The molecule has 112 valence electrons. The van der Waals surface area contributed by atoms with Crippen molar-refractivity contribution in [3.63, 3.8) is 0 Å². The topological polar surface area (TPSA) is 62.2 Å². The number of carboxylic acid groups (broad SMARTS) is 1. The number of hydrogen-bond acceptors (Lipinski definition) is 3. The summed E-state index contributed by atoms with van der Waals surface area (Å²) in [4.78, 5) is 14.7. The molecule has 1 aromatic heterocycles. The fourth-order valence-electron chi connectivity index (χ4n) is 2.15. The van der Waals surface area contributed by atoms with Crippen LogP contribution in [0.5, 0.6) is 0 Å². The number of anilines is 1.